The molecule has 0 saturated carbocycles. The molecule has 0 spiro atoms. The number of aromatic nitrogens is 5. The van der Waals surface area contributed by atoms with Gasteiger partial charge in [-0.05, 0) is 31.2 Å². The largest absolute Gasteiger partial charge is 0.418 e. The van der Waals surface area contributed by atoms with E-state index >= 15 is 0 Å². The first-order valence-corrected chi connectivity index (χ1v) is 9.61. The molecule has 0 bridgehead atoms. The van der Waals surface area contributed by atoms with Crippen LogP contribution in [0.4, 0.5) is 19.0 Å². The number of nitriles is 1. The van der Waals surface area contributed by atoms with Crippen molar-refractivity contribution in [2.75, 3.05) is 5.32 Å². The fourth-order valence-electron chi connectivity index (χ4n) is 3.20. The fraction of sp³-hybridized carbons (Fsp3) is 0.143. The Morgan fingerprint density at radius 2 is 1.84 bits per heavy atom. The molecule has 0 aliphatic rings. The maximum absolute atomic E-state index is 13.5. The van der Waals surface area contributed by atoms with Gasteiger partial charge >= 0.3 is 6.18 Å². The zero-order valence-electron chi connectivity index (χ0n) is 16.4. The monoisotopic (exact) mass is 455 g/mol. The summed E-state index contributed by atoms with van der Waals surface area (Å²) >= 11 is 5.95. The predicted molar refractivity (Wildman–Crippen MR) is 112 cm³/mol. The molecule has 1 N–H and O–H groups in total. The quantitative estimate of drug-likeness (QED) is 0.451. The van der Waals surface area contributed by atoms with Gasteiger partial charge in [-0.25, -0.2) is 9.97 Å². The Bertz CT molecular complexity index is 1330. The average molecular weight is 456 g/mol. The van der Waals surface area contributed by atoms with Crippen LogP contribution in [-0.4, -0.2) is 24.9 Å². The molecule has 7 nitrogen and oxygen atoms in total. The highest BCUT2D eigenvalue weighted by Gasteiger charge is 2.34. The highest BCUT2D eigenvalue weighted by Crippen LogP contribution is 2.38. The van der Waals surface area contributed by atoms with Crippen LogP contribution >= 0.6 is 11.6 Å². The maximum Gasteiger partial charge on any atom is 0.418 e. The lowest BCUT2D eigenvalue weighted by atomic mass is 10.1. The minimum atomic E-state index is -4.63. The van der Waals surface area contributed by atoms with Gasteiger partial charge in [-0.2, -0.15) is 18.4 Å². The standard InChI is InChI=1S/C21H13ClF3N7/c1-11(17-19(28-5-4-27-17)16-3-2-12(8-26)9-29-16)32-20-14-6-13(22)7-15(21(23,24)25)18(14)30-10-31-20/h2-7,9-11H,1H3,(H,30,31,32). The van der Waals surface area contributed by atoms with Crippen molar-refractivity contribution in [3.05, 3.63) is 71.0 Å². The summed E-state index contributed by atoms with van der Waals surface area (Å²) in [6.45, 7) is 1.76. The summed E-state index contributed by atoms with van der Waals surface area (Å²) in [4.78, 5) is 20.9. The number of benzene rings is 1. The van der Waals surface area contributed by atoms with Crippen molar-refractivity contribution in [3.8, 4) is 17.5 Å². The Morgan fingerprint density at radius 1 is 1.06 bits per heavy atom. The number of nitrogens with zero attached hydrogens (tertiary/aromatic N) is 6. The van der Waals surface area contributed by atoms with Gasteiger partial charge in [-0.15, -0.1) is 0 Å². The van der Waals surface area contributed by atoms with Gasteiger partial charge in [0, 0.05) is 29.0 Å². The summed E-state index contributed by atoms with van der Waals surface area (Å²) in [5, 5.41) is 12.1. The SMILES string of the molecule is CC(Nc1ncnc2c(C(F)(F)F)cc(Cl)cc12)c1nccnc1-c1ccc(C#N)cn1. The second-order valence-corrected chi connectivity index (χ2v) is 7.21. The molecule has 0 amide bonds. The van der Waals surface area contributed by atoms with Gasteiger partial charge in [0.1, 0.15) is 23.9 Å². The van der Waals surface area contributed by atoms with Crippen LogP contribution in [0, 0.1) is 11.3 Å². The highest BCUT2D eigenvalue weighted by molar-refractivity contribution is 6.31. The van der Waals surface area contributed by atoms with E-state index in [0.29, 0.717) is 22.6 Å². The van der Waals surface area contributed by atoms with Gasteiger partial charge in [0.2, 0.25) is 0 Å². The third-order valence-corrected chi connectivity index (χ3v) is 4.85. The number of alkyl halides is 3. The highest BCUT2D eigenvalue weighted by atomic mass is 35.5. The molecule has 0 aliphatic carbocycles. The molecule has 3 aromatic heterocycles. The minimum absolute atomic E-state index is 0.0858. The van der Waals surface area contributed by atoms with Crippen LogP contribution in [0.3, 0.4) is 0 Å². The molecule has 11 heteroatoms. The van der Waals surface area contributed by atoms with Gasteiger partial charge in [-0.3, -0.25) is 15.0 Å². The number of halogens is 4. The smallest absolute Gasteiger partial charge is 0.361 e. The molecule has 4 aromatic rings. The van der Waals surface area contributed by atoms with Crippen molar-refractivity contribution in [3.63, 3.8) is 0 Å². The van der Waals surface area contributed by atoms with Crippen LogP contribution < -0.4 is 5.32 Å². The molecule has 32 heavy (non-hydrogen) atoms. The maximum atomic E-state index is 13.5. The number of rotatable bonds is 4. The third-order valence-electron chi connectivity index (χ3n) is 4.63. The van der Waals surface area contributed by atoms with Gasteiger partial charge in [0.05, 0.1) is 34.1 Å². The summed E-state index contributed by atoms with van der Waals surface area (Å²) in [5.74, 6) is 0.167. The van der Waals surface area contributed by atoms with E-state index in [1.165, 1.54) is 24.7 Å². The van der Waals surface area contributed by atoms with Crippen molar-refractivity contribution in [2.45, 2.75) is 19.1 Å². The van der Waals surface area contributed by atoms with E-state index in [0.717, 1.165) is 12.4 Å². The number of hydrogen-bond donors (Lipinski definition) is 1. The van der Waals surface area contributed by atoms with Crippen molar-refractivity contribution in [2.24, 2.45) is 0 Å². The van der Waals surface area contributed by atoms with Crippen molar-refractivity contribution >= 4 is 28.3 Å². The zero-order chi connectivity index (χ0) is 22.9. The molecule has 1 unspecified atom stereocenters. The van der Waals surface area contributed by atoms with E-state index in [4.69, 9.17) is 16.9 Å². The van der Waals surface area contributed by atoms with Crippen LogP contribution in [0.15, 0.2) is 49.2 Å². The van der Waals surface area contributed by atoms with E-state index in [1.807, 2.05) is 6.07 Å². The average Bonchev–Trinajstić information content (AvgIpc) is 2.78. The summed E-state index contributed by atoms with van der Waals surface area (Å²) < 4.78 is 40.4. The summed E-state index contributed by atoms with van der Waals surface area (Å²) in [5.41, 5.74) is 0.643. The Labute approximate surface area is 185 Å². The zero-order valence-corrected chi connectivity index (χ0v) is 17.1. The Balaban J connectivity index is 1.75. The molecule has 0 aliphatic heterocycles. The van der Waals surface area contributed by atoms with Gasteiger partial charge in [0.15, 0.2) is 0 Å². The number of anilines is 1. The first-order valence-electron chi connectivity index (χ1n) is 9.23. The molecule has 1 atom stereocenters. The normalized spacial score (nSPS) is 12.4. The van der Waals surface area contributed by atoms with E-state index in [1.54, 1.807) is 19.1 Å². The van der Waals surface area contributed by atoms with Crippen molar-refractivity contribution in [1.29, 1.82) is 5.26 Å². The molecule has 3 heterocycles. The van der Waals surface area contributed by atoms with E-state index in [2.05, 4.69) is 30.2 Å². The van der Waals surface area contributed by atoms with Crippen LogP contribution in [0.2, 0.25) is 5.02 Å². The van der Waals surface area contributed by atoms with Crippen LogP contribution in [0.1, 0.15) is 29.8 Å². The van der Waals surface area contributed by atoms with Gasteiger partial charge < -0.3 is 5.32 Å². The lowest BCUT2D eigenvalue weighted by Crippen LogP contribution is -2.13. The van der Waals surface area contributed by atoms with Gasteiger partial charge in [-0.1, -0.05) is 11.6 Å². The number of nitrogens with one attached hydrogen (secondary N) is 1. The molecular formula is C21H13ClF3N7. The number of pyridine rings is 1. The van der Waals surface area contributed by atoms with E-state index in [9.17, 15) is 13.2 Å². The first-order chi connectivity index (χ1) is 15.3. The van der Waals surface area contributed by atoms with E-state index < -0.39 is 17.8 Å². The molecule has 1 aromatic carbocycles. The molecular weight excluding hydrogens is 443 g/mol. The lowest BCUT2D eigenvalue weighted by Gasteiger charge is -2.18. The summed E-state index contributed by atoms with van der Waals surface area (Å²) in [6, 6.07) is 6.95. The van der Waals surface area contributed by atoms with Crippen LogP contribution in [0.25, 0.3) is 22.3 Å². The third kappa shape index (κ3) is 4.15. The van der Waals surface area contributed by atoms with Gasteiger partial charge in [0.25, 0.3) is 0 Å². The molecule has 0 fully saturated rings. The van der Waals surface area contributed by atoms with Crippen LogP contribution in [0.5, 0.6) is 0 Å². The molecule has 0 saturated heterocycles. The fourth-order valence-corrected chi connectivity index (χ4v) is 3.42. The lowest BCUT2D eigenvalue weighted by molar-refractivity contribution is -0.136. The second-order valence-electron chi connectivity index (χ2n) is 6.77. The second kappa shape index (κ2) is 8.36. The van der Waals surface area contributed by atoms with E-state index in [-0.39, 0.29) is 21.7 Å². The van der Waals surface area contributed by atoms with Crippen LogP contribution in [-0.2, 0) is 6.18 Å². The van der Waals surface area contributed by atoms with Crippen molar-refractivity contribution < 1.29 is 13.2 Å². The first kappa shape index (κ1) is 21.4. The summed E-state index contributed by atoms with van der Waals surface area (Å²) in [6.07, 6.45) is 0.850. The predicted octanol–water partition coefficient (Wildman–Crippen LogP) is 5.20. The molecule has 4 rings (SSSR count). The topological polar surface area (TPSA) is 100 Å². The minimum Gasteiger partial charge on any atom is -0.361 e. The Kier molecular flexibility index (Phi) is 5.59. The van der Waals surface area contributed by atoms with Crippen molar-refractivity contribution in [1.82, 2.24) is 24.9 Å². The number of fused-ring (bicyclic) bond motifs is 1. The Morgan fingerprint density at radius 3 is 2.53 bits per heavy atom. The number of hydrogen-bond acceptors (Lipinski definition) is 7. The molecule has 160 valence electrons. The Hall–Kier alpha value is -3.84. The summed E-state index contributed by atoms with van der Waals surface area (Å²) in [7, 11) is 0. The molecule has 0 radical (unpaired) electrons.